The van der Waals surface area contributed by atoms with Crippen molar-refractivity contribution in [1.29, 1.82) is 0 Å². The minimum absolute atomic E-state index is 0.122. The number of fused-ring (bicyclic) bond motifs is 1. The van der Waals surface area contributed by atoms with Gasteiger partial charge < -0.3 is 10.2 Å². The zero-order chi connectivity index (χ0) is 21.5. The normalized spacial score (nSPS) is 19.7. The van der Waals surface area contributed by atoms with Gasteiger partial charge in [-0.05, 0) is 37.1 Å². The van der Waals surface area contributed by atoms with Crippen LogP contribution < -0.4 is 5.32 Å². The summed E-state index contributed by atoms with van der Waals surface area (Å²) in [5, 5.41) is 13.5. The summed E-state index contributed by atoms with van der Waals surface area (Å²) in [5.74, 6) is -1.53. The van der Waals surface area contributed by atoms with E-state index in [1.165, 1.54) is 12.1 Å². The van der Waals surface area contributed by atoms with E-state index >= 15 is 0 Å². The Morgan fingerprint density at radius 1 is 1.27 bits per heavy atom. The van der Waals surface area contributed by atoms with Crippen LogP contribution in [-0.4, -0.2) is 43.1 Å². The Balaban J connectivity index is 1.52. The van der Waals surface area contributed by atoms with Crippen molar-refractivity contribution in [3.8, 4) is 0 Å². The highest BCUT2D eigenvalue weighted by atomic mass is 32.2. The number of benzene rings is 2. The van der Waals surface area contributed by atoms with Crippen LogP contribution >= 0.6 is 0 Å². The lowest BCUT2D eigenvalue weighted by Gasteiger charge is -2.33. The number of piperidine rings is 1. The van der Waals surface area contributed by atoms with Gasteiger partial charge in [0.15, 0.2) is 5.84 Å². The Bertz CT molecular complexity index is 1180. The molecular formula is C19H17FN4O5S. The lowest BCUT2D eigenvalue weighted by atomic mass is 9.96. The van der Waals surface area contributed by atoms with E-state index in [0.29, 0.717) is 30.8 Å². The first-order valence-corrected chi connectivity index (χ1v) is 10.6. The van der Waals surface area contributed by atoms with Crippen LogP contribution in [0.2, 0.25) is 0 Å². The van der Waals surface area contributed by atoms with E-state index in [2.05, 4.69) is 9.71 Å². The number of likely N-dealkylation sites (tertiary alicyclic amines) is 1. The predicted molar refractivity (Wildman–Crippen MR) is 106 cm³/mol. The summed E-state index contributed by atoms with van der Waals surface area (Å²) in [5.41, 5.74) is -0.0933. The van der Waals surface area contributed by atoms with Gasteiger partial charge >= 0.3 is 5.69 Å². The summed E-state index contributed by atoms with van der Waals surface area (Å²) in [6.45, 7) is 0.798. The number of nitro benzene ring substituents is 1. The molecule has 2 aromatic carbocycles. The van der Waals surface area contributed by atoms with Gasteiger partial charge in [-0.15, -0.1) is 4.40 Å². The molecule has 156 valence electrons. The Hall–Kier alpha value is -3.34. The van der Waals surface area contributed by atoms with Crippen molar-refractivity contribution in [2.24, 2.45) is 10.3 Å². The number of nitrogens with one attached hydrogen (secondary N) is 1. The molecule has 11 heteroatoms. The molecule has 1 atom stereocenters. The average molecular weight is 432 g/mol. The SMILES string of the molecule is O=C(Nc1ccc(F)c([N+](=O)[O-])c1)C1CCCN(C2=NS(=O)(=O)c3ccccc32)C1. The van der Waals surface area contributed by atoms with E-state index in [1.807, 2.05) is 0 Å². The quantitative estimate of drug-likeness (QED) is 0.588. The number of hydrogen-bond acceptors (Lipinski definition) is 6. The molecule has 0 radical (unpaired) electrons. The second kappa shape index (κ2) is 7.48. The maximum atomic E-state index is 13.5. The third-order valence-electron chi connectivity index (χ3n) is 5.11. The molecule has 30 heavy (non-hydrogen) atoms. The molecule has 2 aliphatic heterocycles. The minimum atomic E-state index is -3.76. The van der Waals surface area contributed by atoms with Crippen LogP contribution in [0.3, 0.4) is 0 Å². The third-order valence-corrected chi connectivity index (χ3v) is 6.44. The molecule has 1 N–H and O–H groups in total. The number of hydrogen-bond donors (Lipinski definition) is 1. The van der Waals surface area contributed by atoms with Gasteiger partial charge in [0.2, 0.25) is 11.7 Å². The molecule has 0 bridgehead atoms. The van der Waals surface area contributed by atoms with Crippen LogP contribution in [0.25, 0.3) is 0 Å². The van der Waals surface area contributed by atoms with Crippen molar-refractivity contribution >= 4 is 33.1 Å². The molecular weight excluding hydrogens is 415 g/mol. The standard InChI is InChI=1S/C19H17FN4O5S/c20-15-8-7-13(10-16(15)24(26)27)21-19(25)12-4-3-9-23(11-12)18-14-5-1-2-6-17(14)30(28,29)22-18/h1-2,5-8,10,12H,3-4,9,11H2,(H,21,25). The van der Waals surface area contributed by atoms with E-state index in [-0.39, 0.29) is 23.0 Å². The van der Waals surface area contributed by atoms with Gasteiger partial charge in [0.25, 0.3) is 10.0 Å². The fraction of sp³-hybridized carbons (Fsp3) is 0.263. The Kier molecular flexibility index (Phi) is 4.98. The van der Waals surface area contributed by atoms with Gasteiger partial charge in [-0.25, -0.2) is 0 Å². The monoisotopic (exact) mass is 432 g/mol. The predicted octanol–water partition coefficient (Wildman–Crippen LogP) is 2.53. The molecule has 1 unspecified atom stereocenters. The second-order valence-corrected chi connectivity index (χ2v) is 8.66. The Morgan fingerprint density at radius 2 is 2.03 bits per heavy atom. The smallest absolute Gasteiger partial charge is 0.306 e. The number of nitro groups is 1. The highest BCUT2D eigenvalue weighted by molar-refractivity contribution is 7.90. The molecule has 2 aliphatic rings. The Morgan fingerprint density at radius 3 is 2.80 bits per heavy atom. The van der Waals surface area contributed by atoms with Gasteiger partial charge in [0.1, 0.15) is 4.90 Å². The number of anilines is 1. The Labute approximate surface area is 171 Å². The van der Waals surface area contributed by atoms with Gasteiger partial charge in [0, 0.05) is 30.4 Å². The summed E-state index contributed by atoms with van der Waals surface area (Å²) in [6.07, 6.45) is 1.20. The summed E-state index contributed by atoms with van der Waals surface area (Å²) >= 11 is 0. The topological polar surface area (TPSA) is 122 Å². The minimum Gasteiger partial charge on any atom is -0.355 e. The van der Waals surface area contributed by atoms with Crippen molar-refractivity contribution in [3.05, 3.63) is 64.0 Å². The van der Waals surface area contributed by atoms with E-state index in [1.54, 1.807) is 23.1 Å². The molecule has 1 fully saturated rings. The number of rotatable bonds is 3. The summed E-state index contributed by atoms with van der Waals surface area (Å²) in [4.78, 5) is 24.7. The number of amidine groups is 1. The zero-order valence-corrected chi connectivity index (χ0v) is 16.4. The number of sulfonamides is 1. The number of nitrogens with zero attached hydrogens (tertiary/aromatic N) is 3. The van der Waals surface area contributed by atoms with Crippen molar-refractivity contribution in [2.45, 2.75) is 17.7 Å². The number of carbonyl (C=O) groups is 1. The molecule has 4 rings (SSSR count). The zero-order valence-electron chi connectivity index (χ0n) is 15.6. The average Bonchev–Trinajstić information content (AvgIpc) is 3.00. The maximum Gasteiger partial charge on any atom is 0.306 e. The highest BCUT2D eigenvalue weighted by Crippen LogP contribution is 2.30. The van der Waals surface area contributed by atoms with Crippen LogP contribution in [0.15, 0.2) is 51.8 Å². The van der Waals surface area contributed by atoms with Crippen LogP contribution in [0, 0.1) is 21.8 Å². The van der Waals surface area contributed by atoms with Crippen molar-refractivity contribution in [1.82, 2.24) is 4.90 Å². The molecule has 0 spiro atoms. The van der Waals surface area contributed by atoms with Crippen LogP contribution in [-0.2, 0) is 14.8 Å². The first-order chi connectivity index (χ1) is 14.3. The van der Waals surface area contributed by atoms with Crippen LogP contribution in [0.5, 0.6) is 0 Å². The van der Waals surface area contributed by atoms with Gasteiger partial charge in [0.05, 0.1) is 10.8 Å². The lowest BCUT2D eigenvalue weighted by Crippen LogP contribution is -2.43. The van der Waals surface area contributed by atoms with E-state index in [4.69, 9.17) is 0 Å². The van der Waals surface area contributed by atoms with E-state index in [9.17, 15) is 27.7 Å². The van der Waals surface area contributed by atoms with Crippen molar-refractivity contribution < 1.29 is 22.5 Å². The summed E-state index contributed by atoms with van der Waals surface area (Å²) in [7, 11) is -3.76. The molecule has 1 saturated heterocycles. The van der Waals surface area contributed by atoms with Crippen molar-refractivity contribution in [2.75, 3.05) is 18.4 Å². The largest absolute Gasteiger partial charge is 0.355 e. The molecule has 1 amide bonds. The molecule has 2 aromatic rings. The molecule has 2 heterocycles. The van der Waals surface area contributed by atoms with Gasteiger partial charge in [-0.2, -0.15) is 12.8 Å². The summed E-state index contributed by atoms with van der Waals surface area (Å²) in [6, 6.07) is 9.68. The highest BCUT2D eigenvalue weighted by Gasteiger charge is 2.35. The molecule has 0 aliphatic carbocycles. The number of halogens is 1. The third kappa shape index (κ3) is 3.63. The van der Waals surface area contributed by atoms with Gasteiger partial charge in [-0.1, -0.05) is 12.1 Å². The second-order valence-electron chi connectivity index (χ2n) is 7.08. The van der Waals surface area contributed by atoms with Crippen LogP contribution in [0.1, 0.15) is 18.4 Å². The summed E-state index contributed by atoms with van der Waals surface area (Å²) < 4.78 is 42.0. The van der Waals surface area contributed by atoms with E-state index < -0.39 is 32.4 Å². The fourth-order valence-electron chi connectivity index (χ4n) is 3.67. The van der Waals surface area contributed by atoms with E-state index in [0.717, 1.165) is 12.1 Å². The fourth-order valence-corrected chi connectivity index (χ4v) is 4.90. The van der Waals surface area contributed by atoms with Crippen molar-refractivity contribution in [3.63, 3.8) is 0 Å². The first-order valence-electron chi connectivity index (χ1n) is 9.20. The first kappa shape index (κ1) is 20.0. The number of amides is 1. The lowest BCUT2D eigenvalue weighted by molar-refractivity contribution is -0.387. The van der Waals surface area contributed by atoms with Gasteiger partial charge in [-0.3, -0.25) is 14.9 Å². The number of carbonyl (C=O) groups excluding carboxylic acids is 1. The maximum absolute atomic E-state index is 13.5. The molecule has 9 nitrogen and oxygen atoms in total. The molecule has 0 aromatic heterocycles. The molecule has 0 saturated carbocycles. The van der Waals surface area contributed by atoms with Crippen LogP contribution in [0.4, 0.5) is 15.8 Å².